The number of nitrogens with zero attached hydrogens (tertiary/aromatic N) is 3. The summed E-state index contributed by atoms with van der Waals surface area (Å²) in [7, 11) is 0. The second-order valence-electron chi connectivity index (χ2n) is 24.4. The topological polar surface area (TPSA) is 13.1 Å². The number of anilines is 3. The average molecular weight is 1200 g/mol. The molecule has 0 atom stereocenters. The number of aromatic nitrogens is 2. The van der Waals surface area contributed by atoms with Crippen LogP contribution in [0.4, 0.5) is 17.1 Å². The molecule has 17 rings (SSSR count). The molecule has 0 bridgehead atoms. The van der Waals surface area contributed by atoms with E-state index in [1.54, 1.807) is 0 Å². The summed E-state index contributed by atoms with van der Waals surface area (Å²) >= 11 is 0. The van der Waals surface area contributed by atoms with Gasteiger partial charge < -0.3 is 14.0 Å². The van der Waals surface area contributed by atoms with Gasteiger partial charge in [-0.05, 0) is 181 Å². The summed E-state index contributed by atoms with van der Waals surface area (Å²) in [5.74, 6) is 0.0317. The first-order chi connectivity index (χ1) is 46.6. The lowest BCUT2D eigenvalue weighted by Crippen LogP contribution is -2.09. The van der Waals surface area contributed by atoms with Crippen molar-refractivity contribution in [3.8, 4) is 78.1 Å². The lowest BCUT2D eigenvalue weighted by Gasteiger charge is -2.26. The van der Waals surface area contributed by atoms with E-state index in [2.05, 4.69) is 390 Å². The van der Waals surface area contributed by atoms with Gasteiger partial charge in [-0.25, -0.2) is 0 Å². The maximum Gasteiger partial charge on any atom is 0.0562 e. The summed E-state index contributed by atoms with van der Waals surface area (Å²) in [5, 5.41) is 4.82. The SMILES string of the molecule is c1ccc(-c2ccc(C(c3ccc(-c4ccccc4)cc3)c3ccc(-c4ccc5c(c4)c4cc6c7cc(-c8ccc(N(c9ccc(-c%10ccccc%10)cc9)c9ccc(-c%10ccccc%10)cc9)cc8)ccc7n(-c7ccccc7)c6cc4n5-c4ccccc4)cc3)cc2)cc1. The number of fused-ring (bicyclic) bond motifs is 6. The van der Waals surface area contributed by atoms with Crippen LogP contribution in [0.15, 0.2) is 376 Å². The minimum Gasteiger partial charge on any atom is -0.311 e. The van der Waals surface area contributed by atoms with Gasteiger partial charge in [0.2, 0.25) is 0 Å². The van der Waals surface area contributed by atoms with Crippen molar-refractivity contribution in [1.82, 2.24) is 9.13 Å². The highest BCUT2D eigenvalue weighted by atomic mass is 15.1. The number of rotatable bonds is 14. The van der Waals surface area contributed by atoms with Crippen LogP contribution in [0.25, 0.3) is 122 Å². The molecule has 3 heteroatoms. The van der Waals surface area contributed by atoms with Gasteiger partial charge in [-0.3, -0.25) is 0 Å². The number of hydrogen-bond donors (Lipinski definition) is 0. The van der Waals surface area contributed by atoms with E-state index in [0.29, 0.717) is 0 Å². The van der Waals surface area contributed by atoms with E-state index in [9.17, 15) is 0 Å². The molecular formula is C91H63N3. The molecule has 0 radical (unpaired) electrons. The highest BCUT2D eigenvalue weighted by molar-refractivity contribution is 6.20. The fraction of sp³-hybridized carbons (Fsp3) is 0.0110. The second kappa shape index (κ2) is 24.1. The van der Waals surface area contributed by atoms with E-state index in [1.165, 1.54) is 93.9 Å². The summed E-state index contributed by atoms with van der Waals surface area (Å²) in [6, 6.07) is 138. The Kier molecular flexibility index (Phi) is 14.3. The van der Waals surface area contributed by atoms with Gasteiger partial charge in [0.15, 0.2) is 0 Å². The van der Waals surface area contributed by atoms with Crippen molar-refractivity contribution in [1.29, 1.82) is 0 Å². The predicted molar refractivity (Wildman–Crippen MR) is 396 cm³/mol. The van der Waals surface area contributed by atoms with Crippen molar-refractivity contribution >= 4 is 60.7 Å². The van der Waals surface area contributed by atoms with Crippen molar-refractivity contribution in [2.75, 3.05) is 4.90 Å². The number of para-hydroxylation sites is 2. The first-order valence-corrected chi connectivity index (χ1v) is 32.4. The monoisotopic (exact) mass is 1200 g/mol. The van der Waals surface area contributed by atoms with E-state index in [-0.39, 0.29) is 5.92 Å². The molecule has 0 spiro atoms. The zero-order chi connectivity index (χ0) is 62.3. The Labute approximate surface area is 548 Å². The molecule has 0 unspecified atom stereocenters. The normalized spacial score (nSPS) is 11.5. The van der Waals surface area contributed by atoms with Crippen LogP contribution in [-0.2, 0) is 0 Å². The van der Waals surface area contributed by atoms with Gasteiger partial charge in [0.25, 0.3) is 0 Å². The summed E-state index contributed by atoms with van der Waals surface area (Å²) in [6.45, 7) is 0. The van der Waals surface area contributed by atoms with Crippen LogP contribution in [-0.4, -0.2) is 9.13 Å². The molecule has 0 aliphatic heterocycles. The third-order valence-corrected chi connectivity index (χ3v) is 18.9. The van der Waals surface area contributed by atoms with Crippen LogP contribution in [0, 0.1) is 0 Å². The summed E-state index contributed by atoms with van der Waals surface area (Å²) in [4.78, 5) is 2.36. The number of hydrogen-bond acceptors (Lipinski definition) is 1. The third kappa shape index (κ3) is 10.4. The van der Waals surface area contributed by atoms with Crippen LogP contribution >= 0.6 is 0 Å². The molecule has 0 N–H and O–H groups in total. The van der Waals surface area contributed by atoms with Crippen LogP contribution in [0.5, 0.6) is 0 Å². The minimum atomic E-state index is 0.0317. The molecule has 3 nitrogen and oxygen atoms in total. The molecular weight excluding hydrogens is 1140 g/mol. The van der Waals surface area contributed by atoms with Crippen LogP contribution in [0.2, 0.25) is 0 Å². The van der Waals surface area contributed by atoms with Gasteiger partial charge in [-0.15, -0.1) is 0 Å². The average Bonchev–Trinajstić information content (AvgIpc) is 1.55. The first kappa shape index (κ1) is 55.7. The molecule has 2 heterocycles. The zero-order valence-corrected chi connectivity index (χ0v) is 51.7. The van der Waals surface area contributed by atoms with E-state index >= 15 is 0 Å². The van der Waals surface area contributed by atoms with Crippen molar-refractivity contribution in [3.05, 3.63) is 393 Å². The molecule has 2 aromatic heterocycles. The first-order valence-electron chi connectivity index (χ1n) is 32.4. The lowest BCUT2D eigenvalue weighted by molar-refractivity contribution is 0.978. The fourth-order valence-corrected chi connectivity index (χ4v) is 14.2. The molecule has 0 aliphatic carbocycles. The van der Waals surface area contributed by atoms with Crippen molar-refractivity contribution < 1.29 is 0 Å². The molecule has 0 amide bonds. The summed E-state index contributed by atoms with van der Waals surface area (Å²) in [5.41, 5.74) is 28.2. The highest BCUT2D eigenvalue weighted by Gasteiger charge is 2.23. The molecule has 15 aromatic carbocycles. The van der Waals surface area contributed by atoms with Gasteiger partial charge in [0, 0.05) is 55.9 Å². The maximum absolute atomic E-state index is 2.47. The Hall–Kier alpha value is -12.3. The number of benzene rings is 15. The van der Waals surface area contributed by atoms with E-state index in [1.807, 2.05) is 0 Å². The van der Waals surface area contributed by atoms with Crippen molar-refractivity contribution in [2.45, 2.75) is 5.92 Å². The second-order valence-corrected chi connectivity index (χ2v) is 24.4. The Morgan fingerprint density at radius 3 is 0.713 bits per heavy atom. The molecule has 0 aliphatic rings. The van der Waals surface area contributed by atoms with Crippen LogP contribution < -0.4 is 4.90 Å². The third-order valence-electron chi connectivity index (χ3n) is 18.9. The van der Waals surface area contributed by atoms with Crippen LogP contribution in [0.1, 0.15) is 22.6 Å². The quantitative estimate of drug-likeness (QED) is 0.0989. The van der Waals surface area contributed by atoms with Gasteiger partial charge in [0.05, 0.1) is 22.1 Å². The van der Waals surface area contributed by atoms with Gasteiger partial charge in [-0.1, -0.05) is 279 Å². The molecule has 94 heavy (non-hydrogen) atoms. The Morgan fingerprint density at radius 2 is 0.415 bits per heavy atom. The zero-order valence-electron chi connectivity index (χ0n) is 51.7. The standard InChI is InChI=1S/C91H63N3/c1-7-19-63(20-8-1)67-31-37-73(38-32-67)91(74-39-33-68(34-40-74)64-21-9-2-10-22-64)75-41-35-71(36-42-75)76-49-57-87-83(59-76)85-61-86-84-60-77(50-58-88(84)94(79-29-17-6-18-30-79)90(86)62-89(85)93(87)78-27-15-5-16-28-78)72-47-55-82(56-48-72)92(80-51-43-69(44-52-80)65-23-11-3-12-24-65)81-53-45-70(46-54-81)66-25-13-4-14-26-66/h1-62,91H. The summed E-state index contributed by atoms with van der Waals surface area (Å²) in [6.07, 6.45) is 0. The lowest BCUT2D eigenvalue weighted by atomic mass is 9.83. The smallest absolute Gasteiger partial charge is 0.0562 e. The predicted octanol–water partition coefficient (Wildman–Crippen LogP) is 24.5. The van der Waals surface area contributed by atoms with E-state index < -0.39 is 0 Å². The molecule has 442 valence electrons. The molecule has 0 saturated heterocycles. The molecule has 0 fully saturated rings. The largest absolute Gasteiger partial charge is 0.311 e. The minimum absolute atomic E-state index is 0.0317. The van der Waals surface area contributed by atoms with E-state index in [4.69, 9.17) is 0 Å². The van der Waals surface area contributed by atoms with Gasteiger partial charge in [-0.2, -0.15) is 0 Å². The maximum atomic E-state index is 2.47. The van der Waals surface area contributed by atoms with E-state index in [0.717, 1.165) is 61.6 Å². The Balaban J connectivity index is 0.764. The highest BCUT2D eigenvalue weighted by Crippen LogP contribution is 2.44. The Morgan fingerprint density at radius 1 is 0.181 bits per heavy atom. The molecule has 17 aromatic rings. The van der Waals surface area contributed by atoms with Crippen LogP contribution in [0.3, 0.4) is 0 Å². The van der Waals surface area contributed by atoms with Crippen molar-refractivity contribution in [2.24, 2.45) is 0 Å². The fourth-order valence-electron chi connectivity index (χ4n) is 14.2. The Bertz CT molecular complexity index is 4980. The van der Waals surface area contributed by atoms with Crippen molar-refractivity contribution in [3.63, 3.8) is 0 Å². The van der Waals surface area contributed by atoms with Gasteiger partial charge in [0.1, 0.15) is 0 Å². The van der Waals surface area contributed by atoms with Gasteiger partial charge >= 0.3 is 0 Å². The molecule has 0 saturated carbocycles. The summed E-state index contributed by atoms with van der Waals surface area (Å²) < 4.78 is 4.90.